The zero-order valence-electron chi connectivity index (χ0n) is 11.0. The van der Waals surface area contributed by atoms with Crippen LogP contribution in [-0.4, -0.2) is 15.1 Å². The monoisotopic (exact) mass is 394 g/mol. The molecule has 0 amide bonds. The Kier molecular flexibility index (Phi) is 3.34. The molecular formula is C15H12Br2N2O. The van der Waals surface area contributed by atoms with E-state index in [1.54, 1.807) is 0 Å². The molecule has 0 aliphatic rings. The van der Waals surface area contributed by atoms with E-state index < -0.39 is 0 Å². The van der Waals surface area contributed by atoms with Gasteiger partial charge in [-0.15, -0.1) is 0 Å². The van der Waals surface area contributed by atoms with Gasteiger partial charge in [0.05, 0.1) is 20.0 Å². The lowest BCUT2D eigenvalue weighted by Gasteiger charge is -2.03. The standard InChI is InChI=1S/C15H12Br2N2O/c1-7-3-12-13(4-8(7)2)19-15(18-12)9-5-10(16)14(20)11(17)6-9/h3-6,20H,1-2H3,(H,18,19). The third kappa shape index (κ3) is 2.25. The minimum Gasteiger partial charge on any atom is -0.506 e. The number of aromatic amines is 1. The number of benzene rings is 2. The highest BCUT2D eigenvalue weighted by molar-refractivity contribution is 9.11. The lowest BCUT2D eigenvalue weighted by Crippen LogP contribution is -1.82. The average Bonchev–Trinajstić information content (AvgIpc) is 2.79. The van der Waals surface area contributed by atoms with Crippen LogP contribution >= 0.6 is 31.9 Å². The van der Waals surface area contributed by atoms with Crippen molar-refractivity contribution in [2.75, 3.05) is 0 Å². The Balaban J connectivity index is 2.20. The zero-order chi connectivity index (χ0) is 14.4. The van der Waals surface area contributed by atoms with Crippen LogP contribution < -0.4 is 0 Å². The molecule has 0 bridgehead atoms. The van der Waals surface area contributed by atoms with Gasteiger partial charge in [0.2, 0.25) is 0 Å². The van der Waals surface area contributed by atoms with Crippen LogP contribution in [0.2, 0.25) is 0 Å². The van der Waals surface area contributed by atoms with Crippen LogP contribution in [0.5, 0.6) is 5.75 Å². The molecule has 3 nitrogen and oxygen atoms in total. The summed E-state index contributed by atoms with van der Waals surface area (Å²) in [6.07, 6.45) is 0. The van der Waals surface area contributed by atoms with E-state index in [1.807, 2.05) is 12.1 Å². The highest BCUT2D eigenvalue weighted by atomic mass is 79.9. The topological polar surface area (TPSA) is 48.9 Å². The van der Waals surface area contributed by atoms with Gasteiger partial charge in [-0.05, 0) is 81.1 Å². The van der Waals surface area contributed by atoms with Crippen molar-refractivity contribution in [1.82, 2.24) is 9.97 Å². The van der Waals surface area contributed by atoms with Crippen LogP contribution in [0.25, 0.3) is 22.4 Å². The number of nitrogens with one attached hydrogen (secondary N) is 1. The van der Waals surface area contributed by atoms with Crippen LogP contribution in [0.15, 0.2) is 33.2 Å². The number of hydrogen-bond acceptors (Lipinski definition) is 2. The van der Waals surface area contributed by atoms with Crippen LogP contribution in [0.1, 0.15) is 11.1 Å². The van der Waals surface area contributed by atoms with Gasteiger partial charge >= 0.3 is 0 Å². The summed E-state index contributed by atoms with van der Waals surface area (Å²) in [6.45, 7) is 4.17. The van der Waals surface area contributed by atoms with E-state index in [2.05, 4.69) is 67.8 Å². The molecule has 3 aromatic rings. The lowest BCUT2D eigenvalue weighted by atomic mass is 10.1. The van der Waals surface area contributed by atoms with E-state index >= 15 is 0 Å². The molecule has 102 valence electrons. The van der Waals surface area contributed by atoms with E-state index in [1.165, 1.54) is 11.1 Å². The number of nitrogens with zero attached hydrogens (tertiary/aromatic N) is 1. The first-order valence-corrected chi connectivity index (χ1v) is 7.69. The predicted molar refractivity (Wildman–Crippen MR) is 88.1 cm³/mol. The van der Waals surface area contributed by atoms with Gasteiger partial charge in [-0.3, -0.25) is 0 Å². The van der Waals surface area contributed by atoms with E-state index in [0.717, 1.165) is 22.4 Å². The Morgan fingerprint density at radius 1 is 1.00 bits per heavy atom. The SMILES string of the molecule is Cc1cc2nc(-c3cc(Br)c(O)c(Br)c3)[nH]c2cc1C. The fourth-order valence-corrected chi connectivity index (χ4v) is 3.29. The molecule has 1 heterocycles. The highest BCUT2D eigenvalue weighted by Gasteiger charge is 2.11. The summed E-state index contributed by atoms with van der Waals surface area (Å²) >= 11 is 6.68. The largest absolute Gasteiger partial charge is 0.506 e. The predicted octanol–water partition coefficient (Wildman–Crippen LogP) is 5.08. The minimum absolute atomic E-state index is 0.191. The first-order valence-electron chi connectivity index (χ1n) is 6.11. The van der Waals surface area contributed by atoms with Crippen molar-refractivity contribution < 1.29 is 5.11 Å². The molecule has 2 aromatic carbocycles. The van der Waals surface area contributed by atoms with Gasteiger partial charge in [0.15, 0.2) is 0 Å². The summed E-state index contributed by atoms with van der Waals surface area (Å²) in [6, 6.07) is 7.87. The van der Waals surface area contributed by atoms with Crippen molar-refractivity contribution in [2.45, 2.75) is 13.8 Å². The second-order valence-corrected chi connectivity index (χ2v) is 6.54. The highest BCUT2D eigenvalue weighted by Crippen LogP contribution is 2.36. The molecule has 2 N–H and O–H groups in total. The third-order valence-electron chi connectivity index (χ3n) is 3.39. The molecule has 0 radical (unpaired) electrons. The number of rotatable bonds is 1. The number of aromatic nitrogens is 2. The molecule has 0 aliphatic carbocycles. The number of H-pyrrole nitrogens is 1. The molecule has 0 unspecified atom stereocenters. The van der Waals surface area contributed by atoms with Gasteiger partial charge in [-0.2, -0.15) is 0 Å². The average molecular weight is 396 g/mol. The zero-order valence-corrected chi connectivity index (χ0v) is 14.1. The van der Waals surface area contributed by atoms with Crippen molar-refractivity contribution in [1.29, 1.82) is 0 Å². The number of halogens is 2. The summed E-state index contributed by atoms with van der Waals surface area (Å²) in [4.78, 5) is 7.94. The maximum absolute atomic E-state index is 9.77. The first kappa shape index (κ1) is 13.6. The summed E-state index contributed by atoms with van der Waals surface area (Å²) in [7, 11) is 0. The van der Waals surface area contributed by atoms with E-state index in [4.69, 9.17) is 0 Å². The molecule has 3 rings (SSSR count). The van der Waals surface area contributed by atoms with Crippen molar-refractivity contribution in [2.24, 2.45) is 0 Å². The molecule has 20 heavy (non-hydrogen) atoms. The third-order valence-corrected chi connectivity index (χ3v) is 4.60. The first-order chi connectivity index (χ1) is 9.45. The summed E-state index contributed by atoms with van der Waals surface area (Å²) < 4.78 is 1.27. The second-order valence-electron chi connectivity index (χ2n) is 4.83. The quantitative estimate of drug-likeness (QED) is 0.603. The number of phenols is 1. The van der Waals surface area contributed by atoms with Crippen molar-refractivity contribution >= 4 is 42.9 Å². The Bertz CT molecular complexity index is 762. The molecule has 0 spiro atoms. The van der Waals surface area contributed by atoms with E-state index in [9.17, 15) is 5.11 Å². The Hall–Kier alpha value is -1.33. The Labute approximate surface area is 133 Å². The maximum Gasteiger partial charge on any atom is 0.143 e. The van der Waals surface area contributed by atoms with Gasteiger partial charge in [0, 0.05) is 5.56 Å². The number of hydrogen-bond donors (Lipinski definition) is 2. The number of phenolic OH excluding ortho intramolecular Hbond substituents is 1. The molecule has 0 atom stereocenters. The van der Waals surface area contributed by atoms with Gasteiger partial charge in [0.25, 0.3) is 0 Å². The van der Waals surface area contributed by atoms with Crippen LogP contribution in [0.4, 0.5) is 0 Å². The Morgan fingerprint density at radius 3 is 2.25 bits per heavy atom. The van der Waals surface area contributed by atoms with Crippen molar-refractivity contribution in [3.8, 4) is 17.1 Å². The smallest absolute Gasteiger partial charge is 0.143 e. The van der Waals surface area contributed by atoms with Gasteiger partial charge in [0.1, 0.15) is 11.6 Å². The van der Waals surface area contributed by atoms with Crippen LogP contribution in [-0.2, 0) is 0 Å². The lowest BCUT2D eigenvalue weighted by molar-refractivity contribution is 0.468. The summed E-state index contributed by atoms with van der Waals surface area (Å²) in [5, 5.41) is 9.77. The van der Waals surface area contributed by atoms with Gasteiger partial charge in [-0.1, -0.05) is 0 Å². The van der Waals surface area contributed by atoms with Crippen molar-refractivity contribution in [3.05, 3.63) is 44.3 Å². The number of fused-ring (bicyclic) bond motifs is 1. The Morgan fingerprint density at radius 2 is 1.60 bits per heavy atom. The number of aromatic hydroxyl groups is 1. The van der Waals surface area contributed by atoms with E-state index in [-0.39, 0.29) is 5.75 Å². The van der Waals surface area contributed by atoms with Crippen LogP contribution in [0.3, 0.4) is 0 Å². The molecule has 5 heteroatoms. The second kappa shape index (κ2) is 4.90. The fourth-order valence-electron chi connectivity index (χ4n) is 2.11. The summed E-state index contributed by atoms with van der Waals surface area (Å²) in [5.74, 6) is 0.975. The minimum atomic E-state index is 0.191. The van der Waals surface area contributed by atoms with E-state index in [0.29, 0.717) is 8.95 Å². The molecule has 0 aliphatic heterocycles. The number of imidazole rings is 1. The molecule has 0 fully saturated rings. The number of aryl methyl sites for hydroxylation is 2. The molecule has 0 saturated heterocycles. The summed E-state index contributed by atoms with van der Waals surface area (Å²) in [5.41, 5.74) is 5.34. The molecule has 1 aromatic heterocycles. The van der Waals surface area contributed by atoms with Gasteiger partial charge < -0.3 is 10.1 Å². The molecular weight excluding hydrogens is 384 g/mol. The van der Waals surface area contributed by atoms with Crippen LogP contribution in [0, 0.1) is 13.8 Å². The molecule has 0 saturated carbocycles. The van der Waals surface area contributed by atoms with Gasteiger partial charge in [-0.25, -0.2) is 4.98 Å². The fraction of sp³-hybridized carbons (Fsp3) is 0.133. The maximum atomic E-state index is 9.77. The normalized spacial score (nSPS) is 11.2. The van der Waals surface area contributed by atoms with Crippen molar-refractivity contribution in [3.63, 3.8) is 0 Å².